The predicted octanol–water partition coefficient (Wildman–Crippen LogP) is 2.69. The number of carbonyl (C=O) groups is 2. The Balaban J connectivity index is 1.60. The van der Waals surface area contributed by atoms with Gasteiger partial charge in [0.05, 0.1) is 6.10 Å². The lowest BCUT2D eigenvalue weighted by molar-refractivity contribution is 0.0356. The lowest BCUT2D eigenvalue weighted by Gasteiger charge is -2.45. The van der Waals surface area contributed by atoms with Gasteiger partial charge >= 0.3 is 0 Å². The summed E-state index contributed by atoms with van der Waals surface area (Å²) in [6, 6.07) is 8.23. The van der Waals surface area contributed by atoms with E-state index in [1.54, 1.807) is 13.2 Å². The van der Waals surface area contributed by atoms with Crippen molar-refractivity contribution >= 4 is 11.8 Å². The molecule has 0 saturated heterocycles. The number of amides is 2. The predicted molar refractivity (Wildman–Crippen MR) is 118 cm³/mol. The summed E-state index contributed by atoms with van der Waals surface area (Å²) in [6.45, 7) is 5.13. The van der Waals surface area contributed by atoms with E-state index >= 15 is 0 Å². The Bertz CT molecular complexity index is 990. The monoisotopic (exact) mass is 445 g/mol. The fraction of sp³-hybridized carbons (Fsp3) is 0.417. The highest BCUT2D eigenvalue weighted by atomic mass is 19.1. The van der Waals surface area contributed by atoms with E-state index < -0.39 is 23.4 Å². The Kier molecular flexibility index (Phi) is 7.26. The number of carbonyl (C=O) groups excluding carboxylic acids is 2. The number of hydrogen-bond donors (Lipinski definition) is 3. The molecule has 2 aromatic rings. The molecule has 0 aliphatic heterocycles. The minimum absolute atomic E-state index is 0.0313. The summed E-state index contributed by atoms with van der Waals surface area (Å²) in [6.07, 6.45) is 1.25. The minimum Gasteiger partial charge on any atom is -0.379 e. The Hall–Kier alpha value is -2.84. The highest BCUT2D eigenvalue weighted by molar-refractivity contribution is 5.94. The first-order valence-electron chi connectivity index (χ1n) is 10.6. The summed E-state index contributed by atoms with van der Waals surface area (Å²) in [7, 11) is 1.68. The summed E-state index contributed by atoms with van der Waals surface area (Å²) >= 11 is 0. The Morgan fingerprint density at radius 1 is 1.09 bits per heavy atom. The second-order valence-electron chi connectivity index (χ2n) is 8.64. The van der Waals surface area contributed by atoms with Crippen LogP contribution < -0.4 is 16.4 Å². The number of fused-ring (bicyclic) bond motifs is 1. The van der Waals surface area contributed by atoms with Crippen LogP contribution in [0, 0.1) is 11.6 Å². The van der Waals surface area contributed by atoms with Gasteiger partial charge in [0.15, 0.2) is 0 Å². The van der Waals surface area contributed by atoms with Crippen LogP contribution in [0.1, 0.15) is 52.1 Å². The SMILES string of the molecule is CO[C@@H]1Cc2ccc(C(N)=O)cc2C(C)(C)[C@H]1NCCCNC(=O)c1cc(F)cc(F)c1. The average molecular weight is 446 g/mol. The third kappa shape index (κ3) is 5.14. The first kappa shape index (κ1) is 23.8. The number of halogens is 2. The zero-order chi connectivity index (χ0) is 23.5. The fourth-order valence-corrected chi connectivity index (χ4v) is 4.42. The van der Waals surface area contributed by atoms with Gasteiger partial charge in [-0.25, -0.2) is 8.78 Å². The second-order valence-corrected chi connectivity index (χ2v) is 8.64. The van der Waals surface area contributed by atoms with E-state index in [4.69, 9.17) is 10.5 Å². The quantitative estimate of drug-likeness (QED) is 0.545. The molecule has 1 aliphatic carbocycles. The molecule has 32 heavy (non-hydrogen) atoms. The molecule has 0 heterocycles. The van der Waals surface area contributed by atoms with Gasteiger partial charge in [-0.3, -0.25) is 9.59 Å². The normalized spacial score (nSPS) is 19.3. The van der Waals surface area contributed by atoms with Crippen molar-refractivity contribution in [3.8, 4) is 0 Å². The van der Waals surface area contributed by atoms with E-state index in [2.05, 4.69) is 24.5 Å². The first-order valence-corrected chi connectivity index (χ1v) is 10.6. The van der Waals surface area contributed by atoms with Gasteiger partial charge in [0, 0.05) is 48.7 Å². The topological polar surface area (TPSA) is 93.4 Å². The summed E-state index contributed by atoms with van der Waals surface area (Å²) in [4.78, 5) is 23.8. The number of ether oxygens (including phenoxy) is 1. The second kappa shape index (κ2) is 9.75. The van der Waals surface area contributed by atoms with Gasteiger partial charge in [-0.2, -0.15) is 0 Å². The van der Waals surface area contributed by atoms with E-state index in [0.717, 1.165) is 29.3 Å². The van der Waals surface area contributed by atoms with E-state index in [1.165, 1.54) is 0 Å². The molecule has 3 rings (SSSR count). The summed E-state index contributed by atoms with van der Waals surface area (Å²) in [5.74, 6) is -2.57. The number of primary amides is 1. The van der Waals surface area contributed by atoms with Crippen LogP contribution in [0.15, 0.2) is 36.4 Å². The molecule has 2 atom stereocenters. The first-order chi connectivity index (χ1) is 15.1. The van der Waals surface area contributed by atoms with Crippen molar-refractivity contribution in [1.29, 1.82) is 0 Å². The maximum Gasteiger partial charge on any atom is 0.251 e. The van der Waals surface area contributed by atoms with Gasteiger partial charge in [-0.15, -0.1) is 0 Å². The highest BCUT2D eigenvalue weighted by Gasteiger charge is 2.42. The van der Waals surface area contributed by atoms with Gasteiger partial charge in [-0.1, -0.05) is 19.9 Å². The van der Waals surface area contributed by atoms with E-state index in [9.17, 15) is 18.4 Å². The Labute approximate surface area is 186 Å². The lowest BCUT2D eigenvalue weighted by Crippen LogP contribution is -2.57. The molecule has 2 aromatic carbocycles. The number of benzene rings is 2. The van der Waals surface area contributed by atoms with Crippen molar-refractivity contribution in [2.75, 3.05) is 20.2 Å². The molecule has 2 amide bonds. The van der Waals surface area contributed by atoms with Gasteiger partial charge in [0.1, 0.15) is 11.6 Å². The van der Waals surface area contributed by atoms with Crippen LogP contribution in [0.5, 0.6) is 0 Å². The molecule has 6 nitrogen and oxygen atoms in total. The average Bonchev–Trinajstić information content (AvgIpc) is 2.73. The van der Waals surface area contributed by atoms with Gasteiger partial charge in [-0.05, 0) is 48.4 Å². The third-order valence-corrected chi connectivity index (χ3v) is 6.09. The molecule has 0 unspecified atom stereocenters. The Morgan fingerprint density at radius 3 is 2.41 bits per heavy atom. The van der Waals surface area contributed by atoms with Crippen LogP contribution in [0.3, 0.4) is 0 Å². The molecular weight excluding hydrogens is 416 g/mol. The molecule has 0 saturated carbocycles. The van der Waals surface area contributed by atoms with Gasteiger partial charge in [0.2, 0.25) is 5.91 Å². The van der Waals surface area contributed by atoms with Crippen molar-refractivity contribution < 1.29 is 23.1 Å². The van der Waals surface area contributed by atoms with Crippen LogP contribution in [0.25, 0.3) is 0 Å². The molecule has 8 heteroatoms. The van der Waals surface area contributed by atoms with Crippen LogP contribution >= 0.6 is 0 Å². The Morgan fingerprint density at radius 2 is 1.78 bits per heavy atom. The maximum absolute atomic E-state index is 13.3. The maximum atomic E-state index is 13.3. The highest BCUT2D eigenvalue weighted by Crippen LogP contribution is 2.38. The van der Waals surface area contributed by atoms with Crippen molar-refractivity contribution in [3.63, 3.8) is 0 Å². The van der Waals surface area contributed by atoms with Gasteiger partial charge in [0.25, 0.3) is 5.91 Å². The van der Waals surface area contributed by atoms with Gasteiger partial charge < -0.3 is 21.1 Å². The van der Waals surface area contributed by atoms with Crippen LogP contribution in [0.4, 0.5) is 8.78 Å². The molecule has 4 N–H and O–H groups in total. The van der Waals surface area contributed by atoms with Crippen molar-refractivity contribution in [2.24, 2.45) is 5.73 Å². The lowest BCUT2D eigenvalue weighted by atomic mass is 9.67. The third-order valence-electron chi connectivity index (χ3n) is 6.09. The minimum atomic E-state index is -0.790. The van der Waals surface area contributed by atoms with Crippen LogP contribution in [0.2, 0.25) is 0 Å². The van der Waals surface area contributed by atoms with Crippen molar-refractivity contribution in [2.45, 2.75) is 44.2 Å². The molecule has 1 aliphatic rings. The van der Waals surface area contributed by atoms with Crippen molar-refractivity contribution in [1.82, 2.24) is 10.6 Å². The molecule has 0 fully saturated rings. The standard InChI is InChI=1S/C24H29F2N3O3/c1-24(2)19-11-15(22(27)30)6-5-14(19)12-20(32-3)21(24)28-7-4-8-29-23(31)16-9-17(25)13-18(26)10-16/h5-6,9-11,13,20-21,28H,4,7-8,12H2,1-3H3,(H2,27,30)(H,29,31)/t20-,21+/m1/s1. The number of methoxy groups -OCH3 is 1. The molecule has 172 valence electrons. The molecular formula is C24H29F2N3O3. The van der Waals surface area contributed by atoms with E-state index in [1.807, 2.05) is 12.1 Å². The smallest absolute Gasteiger partial charge is 0.251 e. The van der Waals surface area contributed by atoms with Crippen LogP contribution in [-0.4, -0.2) is 44.2 Å². The summed E-state index contributed by atoms with van der Waals surface area (Å²) < 4.78 is 32.3. The fourth-order valence-electron chi connectivity index (χ4n) is 4.42. The van der Waals surface area contributed by atoms with Crippen molar-refractivity contribution in [3.05, 3.63) is 70.3 Å². The molecule has 0 aromatic heterocycles. The number of rotatable bonds is 8. The molecule has 0 spiro atoms. The number of nitrogens with one attached hydrogen (secondary N) is 2. The molecule has 0 bridgehead atoms. The largest absolute Gasteiger partial charge is 0.379 e. The molecule has 0 radical (unpaired) electrons. The zero-order valence-corrected chi connectivity index (χ0v) is 18.5. The summed E-state index contributed by atoms with van der Waals surface area (Å²) in [5, 5.41) is 6.20. The van der Waals surface area contributed by atoms with Crippen LogP contribution in [-0.2, 0) is 16.6 Å². The number of hydrogen-bond acceptors (Lipinski definition) is 4. The van der Waals surface area contributed by atoms with E-state index in [0.29, 0.717) is 31.5 Å². The van der Waals surface area contributed by atoms with E-state index in [-0.39, 0.29) is 23.1 Å². The zero-order valence-electron chi connectivity index (χ0n) is 18.5. The summed E-state index contributed by atoms with van der Waals surface area (Å²) in [5.41, 5.74) is 7.74. The number of nitrogens with two attached hydrogens (primary N) is 1.